The molecule has 3 nitrogen and oxygen atoms in total. The molecule has 0 aromatic carbocycles. The molecule has 4 aliphatic rings. The number of carbonyl (C=O) groups is 1. The lowest BCUT2D eigenvalue weighted by Crippen LogP contribution is -2.74. The molecule has 4 rings (SSSR count). The molecule has 1 saturated heterocycles. The highest BCUT2D eigenvalue weighted by atomic mass is 16.7. The molecular formula is C16H24O3. The maximum atomic E-state index is 12.8. The van der Waals surface area contributed by atoms with Crippen LogP contribution in [-0.4, -0.2) is 17.4 Å². The van der Waals surface area contributed by atoms with Crippen molar-refractivity contribution in [3.8, 4) is 0 Å². The first-order valence-corrected chi connectivity index (χ1v) is 8.04. The lowest BCUT2D eigenvalue weighted by atomic mass is 9.45. The zero-order valence-electron chi connectivity index (χ0n) is 11.9. The summed E-state index contributed by atoms with van der Waals surface area (Å²) >= 11 is 0. The molecule has 0 bridgehead atoms. The van der Waals surface area contributed by atoms with E-state index < -0.39 is 5.79 Å². The molecule has 4 fully saturated rings. The minimum Gasteiger partial charge on any atom is -0.433 e. The molecule has 19 heavy (non-hydrogen) atoms. The van der Waals surface area contributed by atoms with Gasteiger partial charge in [-0.05, 0) is 44.9 Å². The zero-order chi connectivity index (χ0) is 13.1. The lowest BCUT2D eigenvalue weighted by Gasteiger charge is -2.68. The van der Waals surface area contributed by atoms with Gasteiger partial charge in [-0.2, -0.15) is 0 Å². The van der Waals surface area contributed by atoms with Gasteiger partial charge in [0.05, 0.1) is 11.0 Å². The molecule has 0 radical (unpaired) electrons. The Morgan fingerprint density at radius 3 is 2.47 bits per heavy atom. The summed E-state index contributed by atoms with van der Waals surface area (Å²) in [4.78, 5) is 12.8. The van der Waals surface area contributed by atoms with Crippen LogP contribution in [0.5, 0.6) is 0 Å². The van der Waals surface area contributed by atoms with Gasteiger partial charge in [0.25, 0.3) is 0 Å². The van der Waals surface area contributed by atoms with Gasteiger partial charge >= 0.3 is 5.97 Å². The number of esters is 1. The van der Waals surface area contributed by atoms with Gasteiger partial charge in [-0.15, -0.1) is 0 Å². The summed E-state index contributed by atoms with van der Waals surface area (Å²) in [5, 5.41) is 0. The number of ether oxygens (including phenoxy) is 2. The monoisotopic (exact) mass is 264 g/mol. The fraction of sp³-hybridized carbons (Fsp3) is 0.938. The van der Waals surface area contributed by atoms with Crippen LogP contribution in [0, 0.1) is 11.3 Å². The SMILES string of the molecule is C[C@]12C[C@@H]3CCCC[C@@]31C(=O)OC1(CCCCC1)O2. The smallest absolute Gasteiger partial charge is 0.317 e. The highest BCUT2D eigenvalue weighted by Crippen LogP contribution is 2.67. The van der Waals surface area contributed by atoms with E-state index >= 15 is 0 Å². The van der Waals surface area contributed by atoms with Crippen LogP contribution in [0.2, 0.25) is 0 Å². The van der Waals surface area contributed by atoms with Crippen molar-refractivity contribution in [2.75, 3.05) is 0 Å². The van der Waals surface area contributed by atoms with Crippen LogP contribution in [0.3, 0.4) is 0 Å². The van der Waals surface area contributed by atoms with Gasteiger partial charge in [-0.25, -0.2) is 0 Å². The highest BCUT2D eigenvalue weighted by molar-refractivity contribution is 5.82. The van der Waals surface area contributed by atoms with Gasteiger partial charge in [0.1, 0.15) is 0 Å². The molecular weight excluding hydrogens is 240 g/mol. The molecule has 0 unspecified atom stereocenters. The maximum absolute atomic E-state index is 12.8. The zero-order valence-corrected chi connectivity index (χ0v) is 11.9. The van der Waals surface area contributed by atoms with Crippen LogP contribution in [0.4, 0.5) is 0 Å². The molecule has 106 valence electrons. The van der Waals surface area contributed by atoms with E-state index in [0.29, 0.717) is 5.92 Å². The van der Waals surface area contributed by atoms with E-state index in [1.165, 1.54) is 19.3 Å². The van der Waals surface area contributed by atoms with Crippen molar-refractivity contribution >= 4 is 5.97 Å². The third-order valence-electron chi connectivity index (χ3n) is 6.32. The van der Waals surface area contributed by atoms with E-state index in [2.05, 4.69) is 6.92 Å². The predicted molar refractivity (Wildman–Crippen MR) is 70.4 cm³/mol. The van der Waals surface area contributed by atoms with Crippen molar-refractivity contribution in [1.29, 1.82) is 0 Å². The normalized spacial score (nSPS) is 47.8. The van der Waals surface area contributed by atoms with Gasteiger partial charge in [0, 0.05) is 12.8 Å². The first kappa shape index (κ1) is 12.2. The second kappa shape index (κ2) is 3.75. The summed E-state index contributed by atoms with van der Waals surface area (Å²) in [5.74, 6) is 0.0105. The summed E-state index contributed by atoms with van der Waals surface area (Å²) in [6.45, 7) is 2.17. The average Bonchev–Trinajstić information content (AvgIpc) is 2.37. The number of rotatable bonds is 0. The molecule has 0 aromatic rings. The summed E-state index contributed by atoms with van der Waals surface area (Å²) in [6.07, 6.45) is 10.9. The second-order valence-corrected chi connectivity index (χ2v) is 7.31. The number of carbonyl (C=O) groups excluding carboxylic acids is 1. The van der Waals surface area contributed by atoms with Crippen LogP contribution in [0.25, 0.3) is 0 Å². The standard InChI is InChI=1S/C16H24O3/c1-14-11-12-7-3-6-10-16(12,14)13(17)18-15(19-14)8-4-2-5-9-15/h12H,2-11H2,1H3/t12-,14-,16-/m0/s1. The first-order valence-electron chi connectivity index (χ1n) is 8.04. The third kappa shape index (κ3) is 1.40. The second-order valence-electron chi connectivity index (χ2n) is 7.31. The van der Waals surface area contributed by atoms with Crippen LogP contribution < -0.4 is 0 Å². The van der Waals surface area contributed by atoms with Crippen LogP contribution in [0.1, 0.15) is 71.1 Å². The van der Waals surface area contributed by atoms with E-state index in [4.69, 9.17) is 9.47 Å². The molecule has 3 aliphatic carbocycles. The minimum atomic E-state index is -0.572. The van der Waals surface area contributed by atoms with Crippen molar-refractivity contribution in [1.82, 2.24) is 0 Å². The fourth-order valence-electron chi connectivity index (χ4n) is 5.34. The molecule has 0 aromatic heterocycles. The van der Waals surface area contributed by atoms with Gasteiger partial charge in [0.15, 0.2) is 0 Å². The van der Waals surface area contributed by atoms with Gasteiger partial charge in [0.2, 0.25) is 5.79 Å². The van der Waals surface area contributed by atoms with Crippen LogP contribution >= 0.6 is 0 Å². The molecule has 1 heterocycles. The molecule has 0 N–H and O–H groups in total. The van der Waals surface area contributed by atoms with Gasteiger partial charge in [-0.3, -0.25) is 4.79 Å². The number of hydrogen-bond donors (Lipinski definition) is 0. The maximum Gasteiger partial charge on any atom is 0.317 e. The Morgan fingerprint density at radius 2 is 1.79 bits per heavy atom. The molecule has 0 amide bonds. The molecule has 3 saturated carbocycles. The summed E-state index contributed by atoms with van der Waals surface area (Å²) < 4.78 is 12.4. The van der Waals surface area contributed by atoms with Crippen molar-refractivity contribution in [2.45, 2.75) is 82.5 Å². The molecule has 3 atom stereocenters. The Kier molecular flexibility index (Phi) is 2.41. The van der Waals surface area contributed by atoms with Crippen LogP contribution in [-0.2, 0) is 14.3 Å². The molecule has 1 aliphatic heterocycles. The Balaban J connectivity index is 1.66. The highest BCUT2D eigenvalue weighted by Gasteiger charge is 2.74. The molecule has 2 spiro atoms. The summed E-state index contributed by atoms with van der Waals surface area (Å²) in [7, 11) is 0. The average molecular weight is 264 g/mol. The third-order valence-corrected chi connectivity index (χ3v) is 6.32. The predicted octanol–water partition coefficient (Wildman–Crippen LogP) is 3.56. The topological polar surface area (TPSA) is 35.5 Å². The van der Waals surface area contributed by atoms with E-state index in [-0.39, 0.29) is 17.0 Å². The van der Waals surface area contributed by atoms with E-state index in [1.807, 2.05) is 0 Å². The van der Waals surface area contributed by atoms with Gasteiger partial charge in [-0.1, -0.05) is 19.3 Å². The fourth-order valence-corrected chi connectivity index (χ4v) is 5.34. The minimum absolute atomic E-state index is 0.0686. The Labute approximate surface area is 115 Å². The summed E-state index contributed by atoms with van der Waals surface area (Å²) in [6, 6.07) is 0. The lowest BCUT2D eigenvalue weighted by molar-refractivity contribution is -0.388. The van der Waals surface area contributed by atoms with E-state index in [9.17, 15) is 4.79 Å². The number of hydrogen-bond acceptors (Lipinski definition) is 3. The Hall–Kier alpha value is -0.570. The Bertz CT molecular complexity index is 412. The van der Waals surface area contributed by atoms with E-state index in [0.717, 1.165) is 44.9 Å². The van der Waals surface area contributed by atoms with Crippen molar-refractivity contribution in [3.05, 3.63) is 0 Å². The first-order chi connectivity index (χ1) is 9.10. The van der Waals surface area contributed by atoms with Gasteiger partial charge < -0.3 is 9.47 Å². The summed E-state index contributed by atoms with van der Waals surface area (Å²) in [5.41, 5.74) is -0.543. The Morgan fingerprint density at radius 1 is 1.05 bits per heavy atom. The van der Waals surface area contributed by atoms with E-state index in [1.54, 1.807) is 0 Å². The quantitative estimate of drug-likeness (QED) is 0.628. The van der Waals surface area contributed by atoms with Crippen molar-refractivity contribution < 1.29 is 14.3 Å². The molecule has 3 heteroatoms. The van der Waals surface area contributed by atoms with Crippen molar-refractivity contribution in [3.63, 3.8) is 0 Å². The largest absolute Gasteiger partial charge is 0.433 e. The van der Waals surface area contributed by atoms with Crippen LogP contribution in [0.15, 0.2) is 0 Å². The van der Waals surface area contributed by atoms with Crippen molar-refractivity contribution in [2.24, 2.45) is 11.3 Å².